The highest BCUT2D eigenvalue weighted by atomic mass is 19.1. The topological polar surface area (TPSA) is 108 Å². The average molecular weight is 498 g/mol. The van der Waals surface area contributed by atoms with Crippen molar-refractivity contribution in [2.45, 2.75) is 6.42 Å². The Balaban J connectivity index is 1.47. The Bertz CT molecular complexity index is 1800. The first-order chi connectivity index (χ1) is 18.1. The van der Waals surface area contributed by atoms with E-state index in [1.165, 1.54) is 12.1 Å². The van der Waals surface area contributed by atoms with E-state index in [-0.39, 0.29) is 11.4 Å². The molecule has 0 aliphatic rings. The van der Waals surface area contributed by atoms with Crippen LogP contribution in [0.5, 0.6) is 11.5 Å². The fraction of sp³-hybridized carbons (Fsp3) is 0.143. The number of benzene rings is 3. The summed E-state index contributed by atoms with van der Waals surface area (Å²) in [6.45, 7) is 0.490. The van der Waals surface area contributed by atoms with Crippen LogP contribution in [0, 0.1) is 5.82 Å². The molecule has 0 saturated heterocycles. The van der Waals surface area contributed by atoms with E-state index in [1.807, 2.05) is 36.5 Å². The molecule has 0 aliphatic carbocycles. The van der Waals surface area contributed by atoms with E-state index in [1.54, 1.807) is 26.4 Å². The van der Waals surface area contributed by atoms with Crippen LogP contribution >= 0.6 is 0 Å². The van der Waals surface area contributed by atoms with E-state index < -0.39 is 0 Å². The quantitative estimate of drug-likeness (QED) is 0.237. The third-order valence-electron chi connectivity index (χ3n) is 6.57. The Labute approximate surface area is 210 Å². The summed E-state index contributed by atoms with van der Waals surface area (Å²) in [5.74, 6) is 1.22. The minimum atomic E-state index is -0.296. The summed E-state index contributed by atoms with van der Waals surface area (Å²) in [5, 5.41) is 5.04. The molecule has 0 aliphatic heterocycles. The van der Waals surface area contributed by atoms with Gasteiger partial charge in [0.2, 0.25) is 0 Å². The maximum atomic E-state index is 13.9. The lowest BCUT2D eigenvalue weighted by molar-refractivity contribution is 0.356. The number of para-hydroxylation sites is 2. The van der Waals surface area contributed by atoms with Crippen LogP contribution in [0.3, 0.4) is 0 Å². The van der Waals surface area contributed by atoms with Gasteiger partial charge in [-0.15, -0.1) is 0 Å². The largest absolute Gasteiger partial charge is 0.493 e. The van der Waals surface area contributed by atoms with Gasteiger partial charge in [-0.1, -0.05) is 12.1 Å². The highest BCUT2D eigenvalue weighted by Gasteiger charge is 2.20. The molecule has 37 heavy (non-hydrogen) atoms. The van der Waals surface area contributed by atoms with Crippen LogP contribution in [0.4, 0.5) is 10.1 Å². The smallest absolute Gasteiger partial charge is 0.261 e. The predicted octanol–water partition coefficient (Wildman–Crippen LogP) is 5.36. The Kier molecular flexibility index (Phi) is 5.52. The van der Waals surface area contributed by atoms with E-state index in [9.17, 15) is 9.18 Å². The highest BCUT2D eigenvalue weighted by molar-refractivity contribution is 6.00. The first kappa shape index (κ1) is 22.7. The molecule has 6 rings (SSSR count). The second-order valence-electron chi connectivity index (χ2n) is 8.74. The molecule has 0 atom stereocenters. The minimum absolute atomic E-state index is 0.282. The van der Waals surface area contributed by atoms with Gasteiger partial charge in [-0.3, -0.25) is 4.79 Å². The lowest BCUT2D eigenvalue weighted by atomic mass is 10.1. The van der Waals surface area contributed by atoms with Gasteiger partial charge in [0.15, 0.2) is 11.5 Å². The summed E-state index contributed by atoms with van der Waals surface area (Å²) in [7, 11) is 3.12. The molecular weight excluding hydrogens is 473 g/mol. The van der Waals surface area contributed by atoms with Gasteiger partial charge in [0.1, 0.15) is 17.2 Å². The number of fused-ring (bicyclic) bond motifs is 3. The van der Waals surface area contributed by atoms with Crippen molar-refractivity contribution in [3.8, 4) is 22.9 Å². The van der Waals surface area contributed by atoms with Gasteiger partial charge in [-0.25, -0.2) is 9.37 Å². The standard InChI is InChI=1S/C28H24FN5O3/c1-36-23-12-18-22(13-24(23)37-2)34-28(35)25(27-32-20-5-3-4-6-21(20)33-27)26(18)30-10-9-15-14-31-19-8-7-16(29)11-17(15)19/h3-8,11-14,31H,9-10H2,1-2H3,(H,32,33)(H2,30,34,35). The van der Waals surface area contributed by atoms with Crippen molar-refractivity contribution >= 4 is 38.5 Å². The first-order valence-electron chi connectivity index (χ1n) is 11.8. The van der Waals surface area contributed by atoms with Crippen LogP contribution in [-0.2, 0) is 6.42 Å². The van der Waals surface area contributed by atoms with Crippen molar-refractivity contribution in [1.82, 2.24) is 19.9 Å². The number of halogens is 1. The number of ether oxygens (including phenoxy) is 2. The van der Waals surface area contributed by atoms with Crippen molar-refractivity contribution in [1.29, 1.82) is 0 Å². The Morgan fingerprint density at radius 3 is 2.54 bits per heavy atom. The average Bonchev–Trinajstić information content (AvgIpc) is 3.51. The zero-order valence-electron chi connectivity index (χ0n) is 20.2. The van der Waals surface area contributed by atoms with Gasteiger partial charge in [0.05, 0.1) is 36.5 Å². The van der Waals surface area contributed by atoms with Crippen LogP contribution in [0.25, 0.3) is 44.2 Å². The van der Waals surface area contributed by atoms with Crippen LogP contribution in [-0.4, -0.2) is 40.7 Å². The molecule has 3 aromatic carbocycles. The molecule has 0 spiro atoms. The van der Waals surface area contributed by atoms with Gasteiger partial charge in [-0.2, -0.15) is 0 Å². The number of anilines is 1. The molecule has 0 fully saturated rings. The summed E-state index contributed by atoms with van der Waals surface area (Å²) >= 11 is 0. The van der Waals surface area contributed by atoms with Gasteiger partial charge in [-0.05, 0) is 48.4 Å². The van der Waals surface area contributed by atoms with Crippen molar-refractivity contribution in [3.63, 3.8) is 0 Å². The second kappa shape index (κ2) is 9.02. The molecule has 9 heteroatoms. The van der Waals surface area contributed by atoms with Gasteiger partial charge < -0.3 is 29.7 Å². The van der Waals surface area contributed by atoms with E-state index in [0.29, 0.717) is 47.1 Å². The van der Waals surface area contributed by atoms with Crippen LogP contribution in [0.2, 0.25) is 0 Å². The Morgan fingerprint density at radius 2 is 1.73 bits per heavy atom. The molecule has 0 unspecified atom stereocenters. The molecule has 3 aromatic heterocycles. The predicted molar refractivity (Wildman–Crippen MR) is 143 cm³/mol. The zero-order valence-corrected chi connectivity index (χ0v) is 20.2. The van der Waals surface area contributed by atoms with E-state index in [2.05, 4.69) is 25.3 Å². The summed E-state index contributed by atoms with van der Waals surface area (Å²) in [5.41, 5.74) is 4.74. The minimum Gasteiger partial charge on any atom is -0.493 e. The van der Waals surface area contributed by atoms with Crippen LogP contribution in [0.15, 0.2) is 65.6 Å². The zero-order chi connectivity index (χ0) is 25.5. The summed E-state index contributed by atoms with van der Waals surface area (Å²) in [4.78, 5) is 27.5. The monoisotopic (exact) mass is 497 g/mol. The van der Waals surface area contributed by atoms with Crippen molar-refractivity contribution in [2.75, 3.05) is 26.1 Å². The molecule has 6 aromatic rings. The summed E-state index contributed by atoms with van der Waals surface area (Å²) in [6, 6.07) is 15.9. The van der Waals surface area contributed by atoms with Gasteiger partial charge in [0.25, 0.3) is 5.56 Å². The lowest BCUT2D eigenvalue weighted by Gasteiger charge is -2.16. The van der Waals surface area contributed by atoms with Gasteiger partial charge >= 0.3 is 0 Å². The molecule has 186 valence electrons. The number of nitrogens with one attached hydrogen (secondary N) is 4. The summed E-state index contributed by atoms with van der Waals surface area (Å²) < 4.78 is 24.8. The molecule has 0 saturated carbocycles. The molecule has 3 heterocycles. The number of pyridine rings is 1. The normalized spacial score (nSPS) is 11.4. The van der Waals surface area contributed by atoms with Crippen LogP contribution in [0.1, 0.15) is 5.56 Å². The highest BCUT2D eigenvalue weighted by Crippen LogP contribution is 2.37. The van der Waals surface area contributed by atoms with Crippen molar-refractivity contribution < 1.29 is 13.9 Å². The number of methoxy groups -OCH3 is 2. The number of hydrogen-bond acceptors (Lipinski definition) is 5. The number of H-pyrrole nitrogens is 3. The number of aromatic nitrogens is 4. The Hall–Kier alpha value is -4.79. The molecule has 4 N–H and O–H groups in total. The molecule has 0 amide bonds. The number of rotatable bonds is 7. The lowest BCUT2D eigenvalue weighted by Crippen LogP contribution is -2.16. The SMILES string of the molecule is COc1cc2[nH]c(=O)c(-c3nc4ccccc4[nH]3)c(NCCc3c[nH]c4ccc(F)cc34)c2cc1OC. The maximum Gasteiger partial charge on any atom is 0.261 e. The first-order valence-corrected chi connectivity index (χ1v) is 11.8. The number of nitrogens with zero attached hydrogens (tertiary/aromatic N) is 1. The third kappa shape index (κ3) is 3.94. The molecular formula is C28H24FN5O3. The second-order valence-corrected chi connectivity index (χ2v) is 8.74. The van der Waals surface area contributed by atoms with E-state index in [4.69, 9.17) is 9.47 Å². The maximum absolute atomic E-state index is 13.9. The summed E-state index contributed by atoms with van der Waals surface area (Å²) in [6.07, 6.45) is 2.49. The third-order valence-corrected chi connectivity index (χ3v) is 6.57. The number of hydrogen-bond donors (Lipinski definition) is 4. The molecule has 0 bridgehead atoms. The van der Waals surface area contributed by atoms with Crippen molar-refractivity contribution in [3.05, 3.63) is 82.5 Å². The Morgan fingerprint density at radius 1 is 0.919 bits per heavy atom. The number of imidazole rings is 1. The van der Waals surface area contributed by atoms with Crippen LogP contribution < -0.4 is 20.3 Å². The fourth-order valence-electron chi connectivity index (χ4n) is 4.78. The fourth-order valence-corrected chi connectivity index (χ4v) is 4.78. The van der Waals surface area contributed by atoms with Gasteiger partial charge in [0, 0.05) is 35.1 Å². The molecule has 8 nitrogen and oxygen atoms in total. The number of aromatic amines is 3. The molecule has 0 radical (unpaired) electrons. The van der Waals surface area contributed by atoms with E-state index in [0.717, 1.165) is 32.9 Å². The van der Waals surface area contributed by atoms with Crippen molar-refractivity contribution in [2.24, 2.45) is 0 Å². The van der Waals surface area contributed by atoms with E-state index >= 15 is 0 Å².